The maximum absolute atomic E-state index is 12.1. The first-order valence-electron chi connectivity index (χ1n) is 6.38. The molecule has 21 heavy (non-hydrogen) atoms. The number of carbonyl (C=O) groups is 1. The second-order valence-corrected chi connectivity index (χ2v) is 5.38. The quantitative estimate of drug-likeness (QED) is 0.915. The van der Waals surface area contributed by atoms with Crippen LogP contribution in [0.2, 0.25) is 0 Å². The van der Waals surface area contributed by atoms with Crippen LogP contribution in [-0.2, 0) is 11.2 Å². The van der Waals surface area contributed by atoms with Crippen molar-refractivity contribution in [3.8, 4) is 5.75 Å². The topological polar surface area (TPSA) is 63.0 Å². The van der Waals surface area contributed by atoms with Gasteiger partial charge in [0.05, 0.1) is 19.7 Å². The fraction of sp³-hybridized carbons (Fsp3) is 0.133. The van der Waals surface area contributed by atoms with Crippen LogP contribution < -0.4 is 10.1 Å². The van der Waals surface area contributed by atoms with E-state index in [1.165, 1.54) is 11.3 Å². The summed E-state index contributed by atoms with van der Waals surface area (Å²) in [6, 6.07) is 9.39. The lowest BCUT2D eigenvalue weighted by Crippen LogP contribution is -2.14. The number of carbonyl (C=O) groups excluding carboxylic acids is 1. The summed E-state index contributed by atoms with van der Waals surface area (Å²) in [7, 11) is 1.62. The minimum atomic E-state index is -0.0549. The number of thiophene rings is 1. The van der Waals surface area contributed by atoms with Crippen molar-refractivity contribution in [2.24, 2.45) is 10.2 Å². The van der Waals surface area contributed by atoms with Crippen LogP contribution >= 0.6 is 11.3 Å². The largest absolute Gasteiger partial charge is 0.497 e. The van der Waals surface area contributed by atoms with Crippen molar-refractivity contribution in [3.63, 3.8) is 0 Å². The van der Waals surface area contributed by atoms with Gasteiger partial charge in [0, 0.05) is 5.56 Å². The molecule has 0 unspecified atom stereocenters. The molecule has 1 amide bonds. The fourth-order valence-corrected chi connectivity index (χ4v) is 2.76. The van der Waals surface area contributed by atoms with E-state index in [9.17, 15) is 4.79 Å². The molecular weight excluding hydrogens is 286 g/mol. The van der Waals surface area contributed by atoms with Gasteiger partial charge in [0.1, 0.15) is 16.4 Å². The van der Waals surface area contributed by atoms with Gasteiger partial charge in [-0.2, -0.15) is 5.11 Å². The molecule has 106 valence electrons. The van der Waals surface area contributed by atoms with Gasteiger partial charge in [-0.25, -0.2) is 0 Å². The van der Waals surface area contributed by atoms with Crippen LogP contribution in [0.3, 0.4) is 0 Å². The molecular formula is C15H13N3O2S. The normalized spacial score (nSPS) is 12.5. The number of hydrogen-bond donors (Lipinski definition) is 1. The number of hydrogen-bond acceptors (Lipinski definition) is 5. The minimum absolute atomic E-state index is 0.0549. The molecule has 1 aliphatic rings. The number of ether oxygens (including phenoxy) is 1. The van der Waals surface area contributed by atoms with Gasteiger partial charge in [-0.05, 0) is 29.1 Å². The molecule has 0 bridgehead atoms. The Morgan fingerprint density at radius 1 is 1.29 bits per heavy atom. The Hall–Kier alpha value is -2.47. The highest BCUT2D eigenvalue weighted by molar-refractivity contribution is 7.14. The predicted molar refractivity (Wildman–Crippen MR) is 82.5 cm³/mol. The number of azo groups is 1. The second-order valence-electron chi connectivity index (χ2n) is 4.47. The molecule has 0 atom stereocenters. The highest BCUT2D eigenvalue weighted by Gasteiger charge is 2.15. The van der Waals surface area contributed by atoms with Crippen LogP contribution in [0.5, 0.6) is 5.75 Å². The fourth-order valence-electron chi connectivity index (χ4n) is 1.95. The average Bonchev–Trinajstić information content (AvgIpc) is 2.85. The van der Waals surface area contributed by atoms with Gasteiger partial charge in [-0.3, -0.25) is 4.79 Å². The molecule has 0 radical (unpaired) electrons. The van der Waals surface area contributed by atoms with Crippen LogP contribution in [-0.4, -0.2) is 13.0 Å². The van der Waals surface area contributed by atoms with Gasteiger partial charge in [0.15, 0.2) is 0 Å². The third kappa shape index (κ3) is 3.00. The molecule has 1 aliphatic heterocycles. The highest BCUT2D eigenvalue weighted by atomic mass is 32.1. The van der Waals surface area contributed by atoms with E-state index in [1.807, 2.05) is 35.7 Å². The molecule has 0 spiro atoms. The first-order chi connectivity index (χ1) is 10.3. The van der Waals surface area contributed by atoms with E-state index >= 15 is 0 Å². The monoisotopic (exact) mass is 299 g/mol. The summed E-state index contributed by atoms with van der Waals surface area (Å²) in [4.78, 5) is 12.1. The van der Waals surface area contributed by atoms with Crippen molar-refractivity contribution in [1.29, 1.82) is 0 Å². The third-order valence-electron chi connectivity index (χ3n) is 3.06. The molecule has 1 aromatic heterocycles. The Labute approximate surface area is 126 Å². The Balaban J connectivity index is 1.65. The van der Waals surface area contributed by atoms with Crippen molar-refractivity contribution in [2.75, 3.05) is 12.4 Å². The van der Waals surface area contributed by atoms with Crippen molar-refractivity contribution < 1.29 is 9.53 Å². The standard InChI is InChI=1S/C15H13N3O2S/c1-20-11-4-2-10(3-5-11)8-14(19)17-15-12(6-7-21-15)13-9-16-18-13/h2-7,9H,8H2,1H3,(H,17,19). The van der Waals surface area contributed by atoms with Crippen LogP contribution in [0.4, 0.5) is 5.00 Å². The van der Waals surface area contributed by atoms with E-state index in [0.29, 0.717) is 6.42 Å². The summed E-state index contributed by atoms with van der Waals surface area (Å²) in [5.41, 5.74) is 2.66. The number of anilines is 1. The lowest BCUT2D eigenvalue weighted by molar-refractivity contribution is -0.115. The molecule has 2 aromatic rings. The molecule has 0 saturated carbocycles. The van der Waals surface area contributed by atoms with E-state index in [2.05, 4.69) is 15.5 Å². The summed E-state index contributed by atoms with van der Waals surface area (Å²) in [5, 5.41) is 13.3. The molecule has 1 aromatic carbocycles. The number of amides is 1. The summed E-state index contributed by atoms with van der Waals surface area (Å²) in [6.07, 6.45) is 2.00. The maximum atomic E-state index is 12.1. The summed E-state index contributed by atoms with van der Waals surface area (Å²) >= 11 is 1.48. The molecule has 3 rings (SSSR count). The molecule has 1 N–H and O–H groups in total. The Bertz CT molecular complexity index is 717. The van der Waals surface area contributed by atoms with Gasteiger partial charge in [-0.15, -0.1) is 16.5 Å². The zero-order valence-electron chi connectivity index (χ0n) is 11.4. The SMILES string of the molecule is COc1ccc(CC(=O)Nc2sccc2C2=CN=N2)cc1. The van der Waals surface area contributed by atoms with E-state index in [0.717, 1.165) is 27.6 Å². The zero-order valence-corrected chi connectivity index (χ0v) is 12.2. The number of benzene rings is 1. The van der Waals surface area contributed by atoms with Crippen molar-refractivity contribution in [3.05, 3.63) is 53.0 Å². The molecule has 0 fully saturated rings. The molecule has 2 heterocycles. The Morgan fingerprint density at radius 2 is 2.05 bits per heavy atom. The molecule has 6 heteroatoms. The first kappa shape index (κ1) is 13.5. The number of nitrogens with one attached hydrogen (secondary N) is 1. The molecule has 0 saturated heterocycles. The van der Waals surface area contributed by atoms with Crippen LogP contribution in [0.1, 0.15) is 11.1 Å². The smallest absolute Gasteiger partial charge is 0.229 e. The van der Waals surface area contributed by atoms with Gasteiger partial charge in [0.25, 0.3) is 0 Å². The number of nitrogens with zero attached hydrogens (tertiary/aromatic N) is 2. The summed E-state index contributed by atoms with van der Waals surface area (Å²) in [6.45, 7) is 0. The van der Waals surface area contributed by atoms with E-state index in [-0.39, 0.29) is 5.91 Å². The van der Waals surface area contributed by atoms with Gasteiger partial charge < -0.3 is 10.1 Å². The van der Waals surface area contributed by atoms with Crippen LogP contribution in [0, 0.1) is 0 Å². The lowest BCUT2D eigenvalue weighted by atomic mass is 10.1. The van der Waals surface area contributed by atoms with Gasteiger partial charge in [-0.1, -0.05) is 12.1 Å². The molecule has 5 nitrogen and oxygen atoms in total. The van der Waals surface area contributed by atoms with Crippen LogP contribution in [0.15, 0.2) is 52.1 Å². The summed E-state index contributed by atoms with van der Waals surface area (Å²) < 4.78 is 5.10. The maximum Gasteiger partial charge on any atom is 0.229 e. The molecule has 0 aliphatic carbocycles. The zero-order chi connectivity index (χ0) is 14.7. The van der Waals surface area contributed by atoms with Crippen LogP contribution in [0.25, 0.3) is 5.70 Å². The predicted octanol–water partition coefficient (Wildman–Crippen LogP) is 3.70. The van der Waals surface area contributed by atoms with Crippen molar-refractivity contribution in [2.45, 2.75) is 6.42 Å². The summed E-state index contributed by atoms with van der Waals surface area (Å²) in [5.74, 6) is 0.725. The third-order valence-corrected chi connectivity index (χ3v) is 3.89. The van der Waals surface area contributed by atoms with E-state index in [4.69, 9.17) is 4.74 Å². The lowest BCUT2D eigenvalue weighted by Gasteiger charge is -2.08. The van der Waals surface area contributed by atoms with Gasteiger partial charge in [0.2, 0.25) is 5.91 Å². The van der Waals surface area contributed by atoms with Gasteiger partial charge >= 0.3 is 0 Å². The second kappa shape index (κ2) is 5.88. The Kier molecular flexibility index (Phi) is 3.79. The average molecular weight is 299 g/mol. The van der Waals surface area contributed by atoms with Crippen molar-refractivity contribution >= 4 is 27.9 Å². The van der Waals surface area contributed by atoms with Crippen molar-refractivity contribution in [1.82, 2.24) is 0 Å². The number of rotatable bonds is 5. The number of methoxy groups -OCH3 is 1. The minimum Gasteiger partial charge on any atom is -0.497 e. The first-order valence-corrected chi connectivity index (χ1v) is 7.26. The highest BCUT2D eigenvalue weighted by Crippen LogP contribution is 2.33. The van der Waals surface area contributed by atoms with E-state index in [1.54, 1.807) is 13.3 Å². The Morgan fingerprint density at radius 3 is 2.67 bits per heavy atom. The van der Waals surface area contributed by atoms with E-state index < -0.39 is 0 Å².